The van der Waals surface area contributed by atoms with Crippen LogP contribution < -0.4 is 10.6 Å². The van der Waals surface area contributed by atoms with E-state index < -0.39 is 11.5 Å². The molecule has 2 heterocycles. The van der Waals surface area contributed by atoms with E-state index in [0.717, 1.165) is 11.3 Å². The third-order valence-electron chi connectivity index (χ3n) is 4.33. The summed E-state index contributed by atoms with van der Waals surface area (Å²) in [5, 5.41) is 14.6. The fourth-order valence-corrected chi connectivity index (χ4v) is 2.98. The molecule has 7 nitrogen and oxygen atoms in total. The number of nitrogens with one attached hydrogen (secondary N) is 2. The Bertz CT molecular complexity index is 632. The highest BCUT2D eigenvalue weighted by Gasteiger charge is 2.37. The maximum Gasteiger partial charge on any atom is 0.303 e. The van der Waals surface area contributed by atoms with E-state index in [1.165, 1.54) is 0 Å². The van der Waals surface area contributed by atoms with Gasteiger partial charge in [0.05, 0.1) is 0 Å². The zero-order valence-electron chi connectivity index (χ0n) is 13.8. The standard InChI is InChI=1S/C17H23N3O4/c1-12-10-13(5-9-18-12)11-19-14(21)2-6-17(8-4-16(23)24)7-3-15(22)20-17/h5,9-10H,2-4,6-8,11H2,1H3,(H,19,21)(H,20,22)(H,23,24)/t17-/m1/s1. The lowest BCUT2D eigenvalue weighted by Gasteiger charge is -2.28. The maximum atomic E-state index is 12.1. The summed E-state index contributed by atoms with van der Waals surface area (Å²) < 4.78 is 0. The zero-order valence-corrected chi connectivity index (χ0v) is 13.8. The van der Waals surface area contributed by atoms with Gasteiger partial charge in [0.1, 0.15) is 0 Å². The smallest absolute Gasteiger partial charge is 0.303 e. The molecule has 1 atom stereocenters. The molecule has 2 amide bonds. The second-order valence-electron chi connectivity index (χ2n) is 6.30. The van der Waals surface area contributed by atoms with Crippen molar-refractivity contribution in [3.63, 3.8) is 0 Å². The van der Waals surface area contributed by atoms with Gasteiger partial charge in [-0.25, -0.2) is 0 Å². The monoisotopic (exact) mass is 333 g/mol. The zero-order chi connectivity index (χ0) is 17.6. The second-order valence-corrected chi connectivity index (χ2v) is 6.30. The minimum absolute atomic E-state index is 0.0157. The molecule has 2 rings (SSSR count). The first-order chi connectivity index (χ1) is 11.4. The van der Waals surface area contributed by atoms with Gasteiger partial charge in [0, 0.05) is 43.2 Å². The van der Waals surface area contributed by atoms with Gasteiger partial charge in [-0.3, -0.25) is 19.4 Å². The summed E-state index contributed by atoms with van der Waals surface area (Å²) in [6.07, 6.45) is 3.71. The molecule has 0 bridgehead atoms. The Balaban J connectivity index is 1.83. The molecule has 1 aromatic rings. The van der Waals surface area contributed by atoms with Gasteiger partial charge < -0.3 is 15.7 Å². The molecule has 1 aliphatic heterocycles. The van der Waals surface area contributed by atoms with Crippen molar-refractivity contribution in [3.05, 3.63) is 29.6 Å². The lowest BCUT2D eigenvalue weighted by atomic mass is 9.86. The van der Waals surface area contributed by atoms with Gasteiger partial charge in [-0.15, -0.1) is 0 Å². The number of rotatable bonds is 8. The predicted molar refractivity (Wildman–Crippen MR) is 87.0 cm³/mol. The minimum atomic E-state index is -0.895. The van der Waals surface area contributed by atoms with Gasteiger partial charge in [0.15, 0.2) is 0 Å². The number of aryl methyl sites for hydroxylation is 1. The van der Waals surface area contributed by atoms with Crippen LogP contribution in [0.1, 0.15) is 49.8 Å². The van der Waals surface area contributed by atoms with Gasteiger partial charge in [-0.05, 0) is 43.9 Å². The number of amides is 2. The normalized spacial score (nSPS) is 19.8. The van der Waals surface area contributed by atoms with Gasteiger partial charge >= 0.3 is 5.97 Å². The summed E-state index contributed by atoms with van der Waals surface area (Å²) >= 11 is 0. The SMILES string of the molecule is Cc1cc(CNC(=O)CC[C@]2(CCC(=O)O)CCC(=O)N2)ccn1. The predicted octanol–water partition coefficient (Wildman–Crippen LogP) is 1.30. The van der Waals surface area contributed by atoms with Crippen LogP contribution in [0, 0.1) is 6.92 Å². The van der Waals surface area contributed by atoms with Crippen LogP contribution in [0.2, 0.25) is 0 Å². The lowest BCUT2D eigenvalue weighted by molar-refractivity contribution is -0.137. The molecule has 1 aromatic heterocycles. The van der Waals surface area contributed by atoms with E-state index >= 15 is 0 Å². The van der Waals surface area contributed by atoms with E-state index in [2.05, 4.69) is 15.6 Å². The average Bonchev–Trinajstić information content (AvgIpc) is 2.91. The summed E-state index contributed by atoms with van der Waals surface area (Å²) in [4.78, 5) is 38.5. The number of aromatic nitrogens is 1. The Morgan fingerprint density at radius 3 is 2.75 bits per heavy atom. The third-order valence-corrected chi connectivity index (χ3v) is 4.33. The van der Waals surface area contributed by atoms with Crippen molar-refractivity contribution < 1.29 is 19.5 Å². The lowest BCUT2D eigenvalue weighted by Crippen LogP contribution is -2.43. The molecule has 3 N–H and O–H groups in total. The number of hydrogen-bond donors (Lipinski definition) is 3. The fraction of sp³-hybridized carbons (Fsp3) is 0.529. The maximum absolute atomic E-state index is 12.1. The highest BCUT2D eigenvalue weighted by Crippen LogP contribution is 2.30. The molecular weight excluding hydrogens is 310 g/mol. The molecule has 130 valence electrons. The van der Waals surface area contributed by atoms with E-state index in [4.69, 9.17) is 5.11 Å². The number of carboxylic acids is 1. The van der Waals surface area contributed by atoms with Gasteiger partial charge in [-0.2, -0.15) is 0 Å². The van der Waals surface area contributed by atoms with Gasteiger partial charge in [0.25, 0.3) is 0 Å². The summed E-state index contributed by atoms with van der Waals surface area (Å²) in [6, 6.07) is 3.75. The molecule has 1 fully saturated rings. The highest BCUT2D eigenvalue weighted by molar-refractivity contribution is 5.80. The van der Waals surface area contributed by atoms with Crippen molar-refractivity contribution in [2.24, 2.45) is 0 Å². The van der Waals surface area contributed by atoms with Crippen LogP contribution in [-0.4, -0.2) is 33.4 Å². The molecule has 1 aliphatic rings. The van der Waals surface area contributed by atoms with Crippen LogP contribution in [-0.2, 0) is 20.9 Å². The number of nitrogens with zero attached hydrogens (tertiary/aromatic N) is 1. The summed E-state index contributed by atoms with van der Waals surface area (Å²) in [5.74, 6) is -1.08. The number of aliphatic carboxylic acids is 1. The van der Waals surface area contributed by atoms with E-state index in [-0.39, 0.29) is 24.7 Å². The Morgan fingerprint density at radius 2 is 2.12 bits per heavy atom. The Kier molecular flexibility index (Phi) is 5.89. The molecule has 1 saturated heterocycles. The summed E-state index contributed by atoms with van der Waals surface area (Å²) in [5.41, 5.74) is 1.30. The molecular formula is C17H23N3O4. The molecule has 0 aliphatic carbocycles. The van der Waals surface area contributed by atoms with Crippen LogP contribution in [0.3, 0.4) is 0 Å². The van der Waals surface area contributed by atoms with Crippen molar-refractivity contribution in [3.8, 4) is 0 Å². The van der Waals surface area contributed by atoms with Crippen molar-refractivity contribution in [1.82, 2.24) is 15.6 Å². The topological polar surface area (TPSA) is 108 Å². The third kappa shape index (κ3) is 5.33. The van der Waals surface area contributed by atoms with Crippen LogP contribution in [0.4, 0.5) is 0 Å². The molecule has 24 heavy (non-hydrogen) atoms. The quantitative estimate of drug-likeness (QED) is 0.664. The summed E-state index contributed by atoms with van der Waals surface area (Å²) in [7, 11) is 0. The van der Waals surface area contributed by atoms with Crippen LogP contribution in [0.25, 0.3) is 0 Å². The largest absolute Gasteiger partial charge is 0.481 e. The van der Waals surface area contributed by atoms with Gasteiger partial charge in [0.2, 0.25) is 11.8 Å². The van der Waals surface area contributed by atoms with E-state index in [9.17, 15) is 14.4 Å². The van der Waals surface area contributed by atoms with E-state index in [1.54, 1.807) is 6.20 Å². The first kappa shape index (κ1) is 17.9. The highest BCUT2D eigenvalue weighted by atomic mass is 16.4. The average molecular weight is 333 g/mol. The van der Waals surface area contributed by atoms with Crippen molar-refractivity contribution in [1.29, 1.82) is 0 Å². The first-order valence-corrected chi connectivity index (χ1v) is 8.10. The number of carboxylic acid groups (broad SMARTS) is 1. The van der Waals surface area contributed by atoms with Crippen molar-refractivity contribution in [2.75, 3.05) is 0 Å². The molecule has 0 radical (unpaired) electrons. The van der Waals surface area contributed by atoms with Crippen LogP contribution in [0.5, 0.6) is 0 Å². The molecule has 0 unspecified atom stereocenters. The second kappa shape index (κ2) is 7.90. The fourth-order valence-electron chi connectivity index (χ4n) is 2.98. The van der Waals surface area contributed by atoms with Crippen LogP contribution >= 0.6 is 0 Å². The Labute approximate surface area is 140 Å². The molecule has 0 spiro atoms. The Hall–Kier alpha value is -2.44. The molecule has 0 aromatic carbocycles. The molecule has 0 saturated carbocycles. The van der Waals surface area contributed by atoms with Crippen LogP contribution in [0.15, 0.2) is 18.3 Å². The Morgan fingerprint density at radius 1 is 1.38 bits per heavy atom. The van der Waals surface area contributed by atoms with Crippen molar-refractivity contribution >= 4 is 17.8 Å². The minimum Gasteiger partial charge on any atom is -0.481 e. The number of pyridine rings is 1. The number of hydrogen-bond acceptors (Lipinski definition) is 4. The van der Waals surface area contributed by atoms with Crippen molar-refractivity contribution in [2.45, 2.75) is 57.5 Å². The number of carbonyl (C=O) groups is 3. The summed E-state index contributed by atoms with van der Waals surface area (Å²) in [6.45, 7) is 2.32. The number of carbonyl (C=O) groups excluding carboxylic acids is 2. The van der Waals surface area contributed by atoms with E-state index in [1.807, 2.05) is 19.1 Å². The van der Waals surface area contributed by atoms with E-state index in [0.29, 0.717) is 32.2 Å². The molecule has 7 heteroatoms. The van der Waals surface area contributed by atoms with Gasteiger partial charge in [-0.1, -0.05) is 0 Å². The first-order valence-electron chi connectivity index (χ1n) is 8.10.